The second-order valence-corrected chi connectivity index (χ2v) is 6.62. The third kappa shape index (κ3) is 4.46. The van der Waals surface area contributed by atoms with Gasteiger partial charge < -0.3 is 9.42 Å². The summed E-state index contributed by atoms with van der Waals surface area (Å²) >= 11 is 0. The molecule has 0 bridgehead atoms. The van der Waals surface area contributed by atoms with Gasteiger partial charge in [-0.3, -0.25) is 9.69 Å². The van der Waals surface area contributed by atoms with Crippen LogP contribution in [-0.2, 0) is 4.79 Å². The van der Waals surface area contributed by atoms with Crippen molar-refractivity contribution >= 4 is 5.91 Å². The molecule has 28 heavy (non-hydrogen) atoms. The normalized spacial score (nSPS) is 12.1. The average molecular weight is 378 g/mol. The minimum atomic E-state index is -0.300. The second kappa shape index (κ2) is 9.28. The molecule has 3 aromatic rings. The van der Waals surface area contributed by atoms with Gasteiger partial charge in [-0.15, -0.1) is 0 Å². The smallest absolute Gasteiger partial charge is 0.248 e. The molecule has 146 valence electrons. The van der Waals surface area contributed by atoms with Gasteiger partial charge in [-0.25, -0.2) is 0 Å². The molecule has 6 heteroatoms. The summed E-state index contributed by atoms with van der Waals surface area (Å²) in [5.74, 6) is 1.09. The Kier molecular flexibility index (Phi) is 6.55. The fourth-order valence-electron chi connectivity index (χ4n) is 3.25. The predicted molar refractivity (Wildman–Crippen MR) is 109 cm³/mol. The monoisotopic (exact) mass is 378 g/mol. The molecule has 0 N–H and O–H groups in total. The van der Waals surface area contributed by atoms with Crippen molar-refractivity contribution in [3.05, 3.63) is 72.1 Å². The van der Waals surface area contributed by atoms with Gasteiger partial charge in [0.15, 0.2) is 0 Å². The van der Waals surface area contributed by atoms with E-state index in [1.165, 1.54) is 0 Å². The lowest BCUT2D eigenvalue weighted by Crippen LogP contribution is -2.40. The number of nitrogens with zero attached hydrogens (tertiary/aromatic N) is 4. The minimum absolute atomic E-state index is 0.0798. The lowest BCUT2D eigenvalue weighted by molar-refractivity contribution is -0.132. The van der Waals surface area contributed by atoms with Gasteiger partial charge in [-0.1, -0.05) is 65.8 Å². The Bertz CT molecular complexity index is 876. The van der Waals surface area contributed by atoms with Crippen LogP contribution in [-0.4, -0.2) is 52.5 Å². The van der Waals surface area contributed by atoms with E-state index in [4.69, 9.17) is 4.52 Å². The topological polar surface area (TPSA) is 62.5 Å². The molecular formula is C22H26N4O2. The maximum Gasteiger partial charge on any atom is 0.248 e. The zero-order chi connectivity index (χ0) is 19.9. The Morgan fingerprint density at radius 1 is 1.00 bits per heavy atom. The number of amides is 1. The Labute approximate surface area is 165 Å². The van der Waals surface area contributed by atoms with Crippen LogP contribution in [0.2, 0.25) is 0 Å². The molecule has 6 nitrogen and oxygen atoms in total. The molecule has 0 aliphatic rings. The van der Waals surface area contributed by atoms with Gasteiger partial charge in [-0.2, -0.15) is 4.98 Å². The SMILES string of the molecule is CCN(CC)C(=O)CN(C)C(c1ccccc1)c1nc(-c2ccccc2)no1. The van der Waals surface area contributed by atoms with Crippen molar-refractivity contribution in [2.24, 2.45) is 0 Å². The summed E-state index contributed by atoms with van der Waals surface area (Å²) in [7, 11) is 1.91. The highest BCUT2D eigenvalue weighted by atomic mass is 16.5. The van der Waals surface area contributed by atoms with Gasteiger partial charge in [0.2, 0.25) is 17.6 Å². The third-order valence-corrected chi connectivity index (χ3v) is 4.76. The first-order chi connectivity index (χ1) is 13.6. The van der Waals surface area contributed by atoms with Crippen molar-refractivity contribution < 1.29 is 9.32 Å². The van der Waals surface area contributed by atoms with E-state index in [0.717, 1.165) is 11.1 Å². The molecule has 0 saturated heterocycles. The highest BCUT2D eigenvalue weighted by Crippen LogP contribution is 2.28. The van der Waals surface area contributed by atoms with Crippen molar-refractivity contribution in [3.63, 3.8) is 0 Å². The molecule has 1 heterocycles. The van der Waals surface area contributed by atoms with Crippen molar-refractivity contribution in [2.75, 3.05) is 26.7 Å². The molecule has 1 atom stereocenters. The largest absolute Gasteiger partial charge is 0.342 e. The fraction of sp³-hybridized carbons (Fsp3) is 0.318. The van der Waals surface area contributed by atoms with Gasteiger partial charge in [0.1, 0.15) is 6.04 Å². The average Bonchev–Trinajstić information content (AvgIpc) is 3.20. The molecule has 0 aliphatic heterocycles. The minimum Gasteiger partial charge on any atom is -0.342 e. The van der Waals surface area contributed by atoms with Crippen molar-refractivity contribution in [1.82, 2.24) is 19.9 Å². The number of rotatable bonds is 8. The number of carbonyl (C=O) groups excluding carboxylic acids is 1. The van der Waals surface area contributed by atoms with Crippen LogP contribution >= 0.6 is 0 Å². The van der Waals surface area contributed by atoms with E-state index in [2.05, 4.69) is 10.1 Å². The maximum absolute atomic E-state index is 12.6. The van der Waals surface area contributed by atoms with Crippen molar-refractivity contribution in [2.45, 2.75) is 19.9 Å². The summed E-state index contributed by atoms with van der Waals surface area (Å²) in [5, 5.41) is 4.15. The first-order valence-corrected chi connectivity index (χ1v) is 9.56. The molecule has 1 aromatic heterocycles. The van der Waals surface area contributed by atoms with Crippen LogP contribution in [0.25, 0.3) is 11.4 Å². The molecule has 3 rings (SSSR count). The number of likely N-dealkylation sites (N-methyl/N-ethyl adjacent to an activating group) is 2. The second-order valence-electron chi connectivity index (χ2n) is 6.62. The number of hydrogen-bond donors (Lipinski definition) is 0. The zero-order valence-corrected chi connectivity index (χ0v) is 16.6. The van der Waals surface area contributed by atoms with Crippen LogP contribution < -0.4 is 0 Å². The predicted octanol–water partition coefficient (Wildman–Crippen LogP) is 3.63. The van der Waals surface area contributed by atoms with Crippen LogP contribution in [0, 0.1) is 0 Å². The summed E-state index contributed by atoms with van der Waals surface area (Å²) in [6, 6.07) is 19.3. The molecule has 2 aromatic carbocycles. The van der Waals surface area contributed by atoms with E-state index >= 15 is 0 Å². The van der Waals surface area contributed by atoms with Crippen LogP contribution in [0.4, 0.5) is 0 Å². The molecular weight excluding hydrogens is 352 g/mol. The van der Waals surface area contributed by atoms with Crippen molar-refractivity contribution in [3.8, 4) is 11.4 Å². The van der Waals surface area contributed by atoms with Crippen LogP contribution in [0.1, 0.15) is 31.3 Å². The van der Waals surface area contributed by atoms with E-state index in [0.29, 0.717) is 24.8 Å². The van der Waals surface area contributed by atoms with Crippen LogP contribution in [0.15, 0.2) is 65.2 Å². The van der Waals surface area contributed by atoms with Gasteiger partial charge in [0, 0.05) is 18.7 Å². The van der Waals surface area contributed by atoms with Gasteiger partial charge in [0.05, 0.1) is 6.54 Å². The Morgan fingerprint density at radius 2 is 1.61 bits per heavy atom. The molecule has 1 amide bonds. The maximum atomic E-state index is 12.6. The van der Waals surface area contributed by atoms with E-state index in [-0.39, 0.29) is 18.5 Å². The number of aromatic nitrogens is 2. The van der Waals surface area contributed by atoms with Crippen molar-refractivity contribution in [1.29, 1.82) is 0 Å². The van der Waals surface area contributed by atoms with E-state index in [1.807, 2.05) is 91.4 Å². The fourth-order valence-corrected chi connectivity index (χ4v) is 3.25. The Balaban J connectivity index is 1.90. The number of hydrogen-bond acceptors (Lipinski definition) is 5. The molecule has 0 saturated carbocycles. The van der Waals surface area contributed by atoms with E-state index < -0.39 is 0 Å². The Hall–Kier alpha value is -2.99. The summed E-state index contributed by atoms with van der Waals surface area (Å²) in [5.41, 5.74) is 1.90. The molecule has 0 fully saturated rings. The highest BCUT2D eigenvalue weighted by molar-refractivity contribution is 5.78. The van der Waals surface area contributed by atoms with E-state index in [9.17, 15) is 4.79 Å². The number of carbonyl (C=O) groups is 1. The molecule has 0 aliphatic carbocycles. The zero-order valence-electron chi connectivity index (χ0n) is 16.6. The first kappa shape index (κ1) is 19.8. The lowest BCUT2D eigenvalue weighted by atomic mass is 10.1. The van der Waals surface area contributed by atoms with Crippen LogP contribution in [0.3, 0.4) is 0 Å². The molecule has 1 unspecified atom stereocenters. The van der Waals surface area contributed by atoms with Gasteiger partial charge in [-0.05, 0) is 26.5 Å². The first-order valence-electron chi connectivity index (χ1n) is 9.56. The summed E-state index contributed by atoms with van der Waals surface area (Å²) in [4.78, 5) is 21.0. The third-order valence-electron chi connectivity index (χ3n) is 4.76. The lowest BCUT2D eigenvalue weighted by Gasteiger charge is -2.28. The van der Waals surface area contributed by atoms with E-state index in [1.54, 1.807) is 0 Å². The standard InChI is InChI=1S/C22H26N4O2/c1-4-26(5-2)19(27)16-25(3)20(17-12-8-6-9-13-17)22-23-21(24-28-22)18-14-10-7-11-15-18/h6-15,20H,4-5,16H2,1-3H3. The molecule has 0 spiro atoms. The summed E-state index contributed by atoms with van der Waals surface area (Å²) in [6.45, 7) is 5.63. The summed E-state index contributed by atoms with van der Waals surface area (Å²) < 4.78 is 5.62. The highest BCUT2D eigenvalue weighted by Gasteiger charge is 2.28. The number of benzene rings is 2. The summed E-state index contributed by atoms with van der Waals surface area (Å²) in [6.07, 6.45) is 0. The van der Waals surface area contributed by atoms with Gasteiger partial charge in [0.25, 0.3) is 0 Å². The quantitative estimate of drug-likeness (QED) is 0.599. The van der Waals surface area contributed by atoms with Crippen LogP contribution in [0.5, 0.6) is 0 Å². The molecule has 0 radical (unpaired) electrons. The Morgan fingerprint density at radius 3 is 2.21 bits per heavy atom. The van der Waals surface area contributed by atoms with Gasteiger partial charge >= 0.3 is 0 Å².